The maximum atomic E-state index is 13.3. The van der Waals surface area contributed by atoms with Crippen LogP contribution in [0.15, 0.2) is 18.2 Å². The van der Waals surface area contributed by atoms with Gasteiger partial charge in [-0.2, -0.15) is 0 Å². The van der Waals surface area contributed by atoms with Gasteiger partial charge in [-0.3, -0.25) is 0 Å². The quantitative estimate of drug-likeness (QED) is 0.768. The predicted molar refractivity (Wildman–Crippen MR) is 69.1 cm³/mol. The molecule has 0 unspecified atom stereocenters. The molecule has 1 aromatic carbocycles. The fourth-order valence-corrected chi connectivity index (χ4v) is 2.18. The van der Waals surface area contributed by atoms with Crippen molar-refractivity contribution in [2.45, 2.75) is 25.7 Å². The van der Waals surface area contributed by atoms with E-state index in [2.05, 4.69) is 9.97 Å². The highest BCUT2D eigenvalue weighted by Crippen LogP contribution is 2.40. The molecule has 3 rings (SSSR count). The number of hydrogen-bond donors (Lipinski definition) is 0. The highest BCUT2D eigenvalue weighted by Gasteiger charge is 2.28. The lowest BCUT2D eigenvalue weighted by atomic mass is 10.1. The Morgan fingerprint density at radius 3 is 2.32 bits per heavy atom. The van der Waals surface area contributed by atoms with Gasteiger partial charge in [-0.15, -0.1) is 0 Å². The Labute approximate surface area is 114 Å². The number of rotatable bonds is 2. The second-order valence-electron chi connectivity index (χ2n) is 4.78. The first kappa shape index (κ1) is 12.5. The van der Waals surface area contributed by atoms with Crippen LogP contribution >= 0.6 is 11.6 Å². The maximum absolute atomic E-state index is 13.3. The van der Waals surface area contributed by atoms with Gasteiger partial charge in [0.25, 0.3) is 0 Å². The molecule has 0 amide bonds. The van der Waals surface area contributed by atoms with Gasteiger partial charge < -0.3 is 0 Å². The van der Waals surface area contributed by atoms with Crippen molar-refractivity contribution in [2.24, 2.45) is 0 Å². The van der Waals surface area contributed by atoms with Crippen molar-refractivity contribution >= 4 is 11.6 Å². The van der Waals surface area contributed by atoms with Crippen LogP contribution < -0.4 is 0 Å². The van der Waals surface area contributed by atoms with Gasteiger partial charge in [0.2, 0.25) is 0 Å². The molecule has 19 heavy (non-hydrogen) atoms. The molecule has 1 saturated carbocycles. The van der Waals surface area contributed by atoms with Crippen LogP contribution in [-0.4, -0.2) is 9.97 Å². The summed E-state index contributed by atoms with van der Waals surface area (Å²) in [5, 5.41) is 0.344. The van der Waals surface area contributed by atoms with Gasteiger partial charge in [0.05, 0.1) is 5.69 Å². The minimum absolute atomic E-state index is 0.329. The molecule has 1 aliphatic carbocycles. The van der Waals surface area contributed by atoms with Crippen molar-refractivity contribution in [3.63, 3.8) is 0 Å². The lowest BCUT2D eigenvalue weighted by Crippen LogP contribution is -2.00. The van der Waals surface area contributed by atoms with Gasteiger partial charge in [0.1, 0.15) is 22.6 Å². The molecule has 0 spiro atoms. The molecule has 5 heteroatoms. The molecule has 0 N–H and O–H groups in total. The van der Waals surface area contributed by atoms with Crippen LogP contribution in [0.2, 0.25) is 5.15 Å². The Morgan fingerprint density at radius 1 is 1.11 bits per heavy atom. The van der Waals surface area contributed by atoms with E-state index in [0.29, 0.717) is 33.7 Å². The van der Waals surface area contributed by atoms with Gasteiger partial charge in [0.15, 0.2) is 0 Å². The van der Waals surface area contributed by atoms with E-state index in [4.69, 9.17) is 11.6 Å². The second-order valence-corrected chi connectivity index (χ2v) is 5.14. The molecule has 0 atom stereocenters. The molecular weight excluding hydrogens is 270 g/mol. The molecule has 2 aromatic rings. The van der Waals surface area contributed by atoms with E-state index < -0.39 is 11.6 Å². The van der Waals surface area contributed by atoms with Crippen molar-refractivity contribution < 1.29 is 8.78 Å². The zero-order valence-corrected chi connectivity index (χ0v) is 11.0. The summed E-state index contributed by atoms with van der Waals surface area (Å²) in [5.74, 6) is -0.264. The van der Waals surface area contributed by atoms with Gasteiger partial charge >= 0.3 is 0 Å². The Hall–Kier alpha value is -1.55. The minimum atomic E-state index is -0.628. The minimum Gasteiger partial charge on any atom is -0.232 e. The third-order valence-corrected chi connectivity index (χ3v) is 3.55. The van der Waals surface area contributed by atoms with E-state index in [0.717, 1.165) is 18.9 Å². The van der Waals surface area contributed by atoms with E-state index in [1.54, 1.807) is 6.92 Å². The molecule has 1 fully saturated rings. The Bertz CT molecular complexity index is 634. The Morgan fingerprint density at radius 2 is 1.74 bits per heavy atom. The third kappa shape index (κ3) is 2.45. The predicted octanol–water partition coefficient (Wildman–Crippen LogP) is 4.26. The molecule has 0 saturated heterocycles. The van der Waals surface area contributed by atoms with Crippen molar-refractivity contribution in [3.8, 4) is 11.3 Å². The van der Waals surface area contributed by atoms with Crippen LogP contribution in [0.1, 0.15) is 30.1 Å². The zero-order chi connectivity index (χ0) is 13.6. The number of aromatic nitrogens is 2. The van der Waals surface area contributed by atoms with Crippen LogP contribution in [0.3, 0.4) is 0 Å². The first-order valence-corrected chi connectivity index (χ1v) is 6.43. The van der Waals surface area contributed by atoms with Gasteiger partial charge in [0, 0.05) is 23.1 Å². The summed E-state index contributed by atoms with van der Waals surface area (Å²) in [7, 11) is 0. The topological polar surface area (TPSA) is 25.8 Å². The Kier molecular flexibility index (Phi) is 2.97. The normalized spacial score (nSPS) is 14.7. The lowest BCUT2D eigenvalue weighted by Gasteiger charge is -2.09. The molecular formula is C14H11ClF2N2. The SMILES string of the molecule is Cc1c(Cl)nc(C2CC2)nc1-c1cc(F)cc(F)c1. The largest absolute Gasteiger partial charge is 0.232 e. The first-order valence-electron chi connectivity index (χ1n) is 6.05. The monoisotopic (exact) mass is 280 g/mol. The van der Waals surface area contributed by atoms with E-state index in [-0.39, 0.29) is 0 Å². The number of benzene rings is 1. The van der Waals surface area contributed by atoms with Crippen LogP contribution in [0.25, 0.3) is 11.3 Å². The molecule has 0 aliphatic heterocycles. The van der Waals surface area contributed by atoms with Crippen molar-refractivity contribution in [1.29, 1.82) is 0 Å². The van der Waals surface area contributed by atoms with Crippen LogP contribution in [0.4, 0.5) is 8.78 Å². The van der Waals surface area contributed by atoms with Crippen LogP contribution in [0.5, 0.6) is 0 Å². The molecule has 1 aliphatic rings. The second kappa shape index (κ2) is 4.53. The number of nitrogens with zero attached hydrogens (tertiary/aromatic N) is 2. The molecule has 1 aromatic heterocycles. The number of hydrogen-bond acceptors (Lipinski definition) is 2. The van der Waals surface area contributed by atoms with E-state index in [9.17, 15) is 8.78 Å². The number of halogens is 3. The third-order valence-electron chi connectivity index (χ3n) is 3.18. The summed E-state index contributed by atoms with van der Waals surface area (Å²) in [6.07, 6.45) is 2.08. The fraction of sp³-hybridized carbons (Fsp3) is 0.286. The van der Waals surface area contributed by atoms with Crippen LogP contribution in [-0.2, 0) is 0 Å². The average Bonchev–Trinajstić information content (AvgIpc) is 3.15. The molecule has 0 radical (unpaired) electrons. The van der Waals surface area contributed by atoms with Crippen molar-refractivity contribution in [3.05, 3.63) is 46.4 Å². The molecule has 0 bridgehead atoms. The molecule has 2 nitrogen and oxygen atoms in total. The standard InChI is InChI=1S/C14H11ClF2N2/c1-7-12(9-4-10(16)6-11(17)5-9)18-14(8-2-3-8)19-13(7)15/h4-6,8H,2-3H2,1H3. The smallest absolute Gasteiger partial charge is 0.136 e. The van der Waals surface area contributed by atoms with E-state index in [1.165, 1.54) is 12.1 Å². The summed E-state index contributed by atoms with van der Waals surface area (Å²) in [6, 6.07) is 3.35. The van der Waals surface area contributed by atoms with E-state index >= 15 is 0 Å². The average molecular weight is 281 g/mol. The van der Waals surface area contributed by atoms with Gasteiger partial charge in [-0.05, 0) is 31.9 Å². The fourth-order valence-electron chi connectivity index (χ4n) is 2.00. The van der Waals surface area contributed by atoms with Gasteiger partial charge in [-0.25, -0.2) is 18.7 Å². The van der Waals surface area contributed by atoms with E-state index in [1.807, 2.05) is 0 Å². The van der Waals surface area contributed by atoms with Gasteiger partial charge in [-0.1, -0.05) is 11.6 Å². The molecule has 98 valence electrons. The summed E-state index contributed by atoms with van der Waals surface area (Å²) in [6.45, 7) is 1.75. The summed E-state index contributed by atoms with van der Waals surface area (Å²) >= 11 is 6.08. The highest BCUT2D eigenvalue weighted by atomic mass is 35.5. The van der Waals surface area contributed by atoms with Crippen LogP contribution in [0, 0.1) is 18.6 Å². The van der Waals surface area contributed by atoms with Crippen molar-refractivity contribution in [2.75, 3.05) is 0 Å². The first-order chi connectivity index (χ1) is 9.04. The summed E-state index contributed by atoms with van der Waals surface area (Å²) in [5.41, 5.74) is 1.53. The maximum Gasteiger partial charge on any atom is 0.136 e. The highest BCUT2D eigenvalue weighted by molar-refractivity contribution is 6.30. The lowest BCUT2D eigenvalue weighted by molar-refractivity contribution is 0.584. The molecule has 1 heterocycles. The van der Waals surface area contributed by atoms with Crippen molar-refractivity contribution in [1.82, 2.24) is 9.97 Å². The summed E-state index contributed by atoms with van der Waals surface area (Å²) < 4.78 is 26.6. The summed E-state index contributed by atoms with van der Waals surface area (Å²) in [4.78, 5) is 8.65. The zero-order valence-electron chi connectivity index (χ0n) is 10.3. The Balaban J connectivity index is 2.17.